The smallest absolute Gasteiger partial charge is 0.379 e. The Morgan fingerprint density at radius 3 is 0.917 bits per heavy atom. The van der Waals surface area contributed by atoms with Gasteiger partial charge in [-0.05, 0) is 0 Å². The molecule has 0 radical (unpaired) electrons. The number of nitrogens with zero attached hydrogens (tertiary/aromatic N) is 1. The second-order valence-corrected chi connectivity index (χ2v) is 5.67. The Kier molecular flexibility index (Phi) is 9.34. The summed E-state index contributed by atoms with van der Waals surface area (Å²) >= 11 is 0. The minimum atomic E-state index is -1.67. The van der Waals surface area contributed by atoms with Crippen molar-refractivity contribution >= 4 is 9.53 Å². The third kappa shape index (κ3) is 22.5. The maximum Gasteiger partial charge on any atom is 0.483 e. The minimum absolute atomic E-state index is 1.00. The molecule has 0 aliphatic heterocycles. The molecular weight excluding hydrogens is 174 g/mol. The highest BCUT2D eigenvalue weighted by atomic mass is 28.3. The molecule has 5 heteroatoms. The third-order valence-electron chi connectivity index (χ3n) is 0.577. The molecule has 12 heavy (non-hydrogen) atoms. The molecule has 4 nitrogen and oxygen atoms in total. The fraction of sp³-hybridized carbons (Fsp3) is 1.00. The average molecular weight is 196 g/mol. The van der Waals surface area contributed by atoms with Gasteiger partial charge in [0.25, 0.3) is 0 Å². The monoisotopic (exact) mass is 196 g/mol. The predicted molar refractivity (Wildman–Crippen MR) is 52.1 cm³/mol. The van der Waals surface area contributed by atoms with E-state index in [1.54, 1.807) is 21.3 Å². The third-order valence-corrected chi connectivity index (χ3v) is 1.73. The molecule has 0 N–H and O–H groups in total. The van der Waals surface area contributed by atoms with Gasteiger partial charge in [0, 0.05) is 21.3 Å². The molecule has 0 fully saturated rings. The van der Waals surface area contributed by atoms with Gasteiger partial charge in [0.1, 0.15) is 0 Å². The maximum atomic E-state index is 4.74. The lowest BCUT2D eigenvalue weighted by atomic mass is 10.8. The minimum Gasteiger partial charge on any atom is -0.379 e. The van der Waals surface area contributed by atoms with Crippen molar-refractivity contribution in [1.82, 2.24) is 0 Å². The van der Waals surface area contributed by atoms with Gasteiger partial charge < -0.3 is 17.8 Å². The molecule has 0 heterocycles. The van der Waals surface area contributed by atoms with Gasteiger partial charge in [0.2, 0.25) is 0 Å². The van der Waals surface area contributed by atoms with E-state index in [0.29, 0.717) is 0 Å². The van der Waals surface area contributed by atoms with Crippen LogP contribution in [0.3, 0.4) is 0 Å². The van der Waals surface area contributed by atoms with Gasteiger partial charge in [-0.3, -0.25) is 0 Å². The van der Waals surface area contributed by atoms with Crippen LogP contribution in [0.15, 0.2) is 0 Å². The number of rotatable bonds is 3. The highest BCUT2D eigenvalue weighted by Crippen LogP contribution is 1.81. The first-order valence-corrected chi connectivity index (χ1v) is 5.13. The Labute approximate surface area is 77.6 Å². The average Bonchev–Trinajstić information content (AvgIpc) is 1.88. The van der Waals surface area contributed by atoms with E-state index in [-0.39, 0.29) is 0 Å². The number of quaternary nitrogens is 1. The van der Waals surface area contributed by atoms with Crippen molar-refractivity contribution in [2.24, 2.45) is 0 Å². The Hall–Kier alpha value is 0.0569. The molecule has 0 aromatic rings. The van der Waals surface area contributed by atoms with Crippen molar-refractivity contribution in [2.75, 3.05) is 49.5 Å². The second-order valence-electron chi connectivity index (χ2n) is 3.68. The lowest BCUT2D eigenvalue weighted by molar-refractivity contribution is -0.849. The fourth-order valence-corrected chi connectivity index (χ4v) is 0.866. The molecule has 0 saturated carbocycles. The quantitative estimate of drug-likeness (QED) is 0.468. The molecule has 0 aromatic heterocycles. The van der Waals surface area contributed by atoms with Gasteiger partial charge in [-0.2, -0.15) is 0 Å². The second kappa shape index (κ2) is 7.69. The van der Waals surface area contributed by atoms with Crippen molar-refractivity contribution < 1.29 is 17.8 Å². The van der Waals surface area contributed by atoms with E-state index in [1.165, 1.54) is 0 Å². The van der Waals surface area contributed by atoms with Crippen LogP contribution in [-0.2, 0) is 13.3 Å². The van der Waals surface area contributed by atoms with Gasteiger partial charge in [-0.1, -0.05) is 0 Å². The molecule has 0 aromatic carbocycles. The summed E-state index contributed by atoms with van der Waals surface area (Å²) in [5.41, 5.74) is 0. The molecule has 0 amide bonds. The van der Waals surface area contributed by atoms with Crippen LogP contribution in [0, 0.1) is 0 Å². The van der Waals surface area contributed by atoms with Crippen LogP contribution in [0.5, 0.6) is 0 Å². The van der Waals surface area contributed by atoms with E-state index in [1.807, 2.05) is 0 Å². The van der Waals surface area contributed by atoms with Crippen molar-refractivity contribution in [3.63, 3.8) is 0 Å². The molecule has 0 spiro atoms. The van der Waals surface area contributed by atoms with Crippen molar-refractivity contribution in [3.05, 3.63) is 0 Å². The summed E-state index contributed by atoms with van der Waals surface area (Å²) in [6, 6.07) is 0. The highest BCUT2D eigenvalue weighted by molar-refractivity contribution is 6.36. The Bertz CT molecular complexity index is 79.6. The van der Waals surface area contributed by atoms with E-state index >= 15 is 0 Å². The molecule has 0 aliphatic rings. The van der Waals surface area contributed by atoms with Crippen molar-refractivity contribution in [3.8, 4) is 0 Å². The zero-order valence-electron chi connectivity index (χ0n) is 9.25. The molecule has 0 saturated heterocycles. The molecule has 0 atom stereocenters. The maximum absolute atomic E-state index is 4.74. The first kappa shape index (κ1) is 14.6. The van der Waals surface area contributed by atoms with Gasteiger partial charge >= 0.3 is 9.53 Å². The van der Waals surface area contributed by atoms with Crippen LogP contribution in [0.2, 0.25) is 0 Å². The standard InChI is InChI=1S/C4H12N.C3H10O3Si/c1-5(2,3)4;1-4-7(5-2)6-3/h1-4H3;7H,1-3H3/q+1;. The Morgan fingerprint density at radius 2 is 0.917 bits per heavy atom. The van der Waals surface area contributed by atoms with E-state index in [9.17, 15) is 0 Å². The van der Waals surface area contributed by atoms with Crippen LogP contribution >= 0.6 is 0 Å². The van der Waals surface area contributed by atoms with Crippen LogP contribution in [0.1, 0.15) is 0 Å². The first-order valence-electron chi connectivity index (χ1n) is 3.72. The predicted octanol–water partition coefficient (Wildman–Crippen LogP) is -0.0348. The Morgan fingerprint density at radius 1 is 0.750 bits per heavy atom. The zero-order valence-corrected chi connectivity index (χ0v) is 10.4. The van der Waals surface area contributed by atoms with E-state index in [2.05, 4.69) is 28.2 Å². The summed E-state index contributed by atoms with van der Waals surface area (Å²) in [4.78, 5) is 0. The lowest BCUT2D eigenvalue weighted by Gasteiger charge is -2.14. The van der Waals surface area contributed by atoms with Crippen LogP contribution in [-0.4, -0.2) is 63.5 Å². The van der Waals surface area contributed by atoms with Crippen molar-refractivity contribution in [2.45, 2.75) is 0 Å². The summed E-state index contributed by atoms with van der Waals surface area (Å²) in [6.07, 6.45) is 0. The van der Waals surface area contributed by atoms with Crippen molar-refractivity contribution in [1.29, 1.82) is 0 Å². The van der Waals surface area contributed by atoms with E-state index in [4.69, 9.17) is 13.3 Å². The molecule has 0 rings (SSSR count). The zero-order chi connectivity index (χ0) is 10.2. The van der Waals surface area contributed by atoms with E-state index < -0.39 is 9.53 Å². The summed E-state index contributed by atoms with van der Waals surface area (Å²) in [5, 5.41) is 0. The summed E-state index contributed by atoms with van der Waals surface area (Å²) in [5.74, 6) is 0. The summed E-state index contributed by atoms with van der Waals surface area (Å²) in [6.45, 7) is 0. The summed E-state index contributed by atoms with van der Waals surface area (Å²) in [7, 11) is 11.5. The molecule has 0 bridgehead atoms. The number of hydrogen-bond donors (Lipinski definition) is 0. The van der Waals surface area contributed by atoms with Crippen LogP contribution in [0.25, 0.3) is 0 Å². The Balaban J connectivity index is 0. The molecule has 76 valence electrons. The lowest BCUT2D eigenvalue weighted by Crippen LogP contribution is -2.27. The van der Waals surface area contributed by atoms with Gasteiger partial charge in [0.05, 0.1) is 28.2 Å². The summed E-state index contributed by atoms with van der Waals surface area (Å²) < 4.78 is 15.2. The highest BCUT2D eigenvalue weighted by Gasteiger charge is 2.04. The van der Waals surface area contributed by atoms with Gasteiger partial charge in [-0.25, -0.2) is 0 Å². The number of hydrogen-bond acceptors (Lipinski definition) is 3. The van der Waals surface area contributed by atoms with Crippen LogP contribution < -0.4 is 0 Å². The topological polar surface area (TPSA) is 27.7 Å². The molecule has 0 aliphatic carbocycles. The van der Waals surface area contributed by atoms with Gasteiger partial charge in [-0.15, -0.1) is 0 Å². The van der Waals surface area contributed by atoms with Gasteiger partial charge in [0.15, 0.2) is 0 Å². The first-order chi connectivity index (χ1) is 5.35. The molecular formula is C7H22NO3Si+. The van der Waals surface area contributed by atoms with E-state index in [0.717, 1.165) is 4.48 Å². The fourth-order valence-electron chi connectivity index (χ4n) is 0.289. The van der Waals surface area contributed by atoms with Crippen LogP contribution in [0.4, 0.5) is 0 Å². The SMILES string of the molecule is CO[SiH](OC)OC.C[N+](C)(C)C. The normalized spacial score (nSPS) is 11.0. The largest absolute Gasteiger partial charge is 0.483 e. The molecule has 0 unspecified atom stereocenters.